The maximum Gasteiger partial charge on any atom is 0.127 e. The summed E-state index contributed by atoms with van der Waals surface area (Å²) in [4.78, 5) is 0. The SMILES string of the molecule is C=CCCCOc1cc(OCCC)ccc1CNC. The van der Waals surface area contributed by atoms with Crippen molar-refractivity contribution in [3.63, 3.8) is 0 Å². The first-order chi connectivity index (χ1) is 9.31. The van der Waals surface area contributed by atoms with Crippen LogP contribution >= 0.6 is 0 Å². The molecule has 0 fully saturated rings. The van der Waals surface area contributed by atoms with Crippen molar-refractivity contribution in [1.82, 2.24) is 5.32 Å². The van der Waals surface area contributed by atoms with Gasteiger partial charge in [0.15, 0.2) is 0 Å². The Kier molecular flexibility index (Phi) is 7.75. The zero-order chi connectivity index (χ0) is 13.9. The molecule has 0 atom stereocenters. The van der Waals surface area contributed by atoms with Crippen molar-refractivity contribution in [3.05, 3.63) is 36.4 Å². The van der Waals surface area contributed by atoms with Crippen molar-refractivity contribution in [1.29, 1.82) is 0 Å². The summed E-state index contributed by atoms with van der Waals surface area (Å²) in [6.45, 7) is 8.06. The molecule has 0 bridgehead atoms. The number of rotatable bonds is 10. The van der Waals surface area contributed by atoms with Gasteiger partial charge in [-0.05, 0) is 32.4 Å². The Hall–Kier alpha value is -1.48. The van der Waals surface area contributed by atoms with E-state index in [4.69, 9.17) is 9.47 Å². The van der Waals surface area contributed by atoms with Gasteiger partial charge < -0.3 is 14.8 Å². The van der Waals surface area contributed by atoms with Gasteiger partial charge in [-0.1, -0.05) is 19.1 Å². The van der Waals surface area contributed by atoms with Gasteiger partial charge in [0, 0.05) is 18.2 Å². The molecular weight excluding hydrogens is 238 g/mol. The van der Waals surface area contributed by atoms with Crippen LogP contribution in [0.15, 0.2) is 30.9 Å². The van der Waals surface area contributed by atoms with E-state index in [9.17, 15) is 0 Å². The average molecular weight is 263 g/mol. The van der Waals surface area contributed by atoms with E-state index in [0.29, 0.717) is 6.61 Å². The Morgan fingerprint density at radius 3 is 2.79 bits per heavy atom. The summed E-state index contributed by atoms with van der Waals surface area (Å²) in [6, 6.07) is 6.04. The Labute approximate surface area is 116 Å². The molecule has 0 spiro atoms. The van der Waals surface area contributed by atoms with Crippen LogP contribution in [0.2, 0.25) is 0 Å². The molecule has 0 aromatic heterocycles. The highest BCUT2D eigenvalue weighted by Crippen LogP contribution is 2.25. The molecule has 0 saturated heterocycles. The van der Waals surface area contributed by atoms with Crippen LogP contribution in [0.1, 0.15) is 31.7 Å². The molecule has 0 heterocycles. The topological polar surface area (TPSA) is 30.5 Å². The lowest BCUT2D eigenvalue weighted by molar-refractivity contribution is 0.296. The summed E-state index contributed by atoms with van der Waals surface area (Å²) in [6.07, 6.45) is 4.89. The smallest absolute Gasteiger partial charge is 0.127 e. The van der Waals surface area contributed by atoms with Gasteiger partial charge in [-0.2, -0.15) is 0 Å². The van der Waals surface area contributed by atoms with Crippen LogP contribution in [-0.4, -0.2) is 20.3 Å². The van der Waals surface area contributed by atoms with Crippen LogP contribution in [0.4, 0.5) is 0 Å². The highest BCUT2D eigenvalue weighted by atomic mass is 16.5. The monoisotopic (exact) mass is 263 g/mol. The van der Waals surface area contributed by atoms with Gasteiger partial charge in [0.1, 0.15) is 11.5 Å². The lowest BCUT2D eigenvalue weighted by atomic mass is 10.2. The fraction of sp³-hybridized carbons (Fsp3) is 0.500. The van der Waals surface area contributed by atoms with E-state index >= 15 is 0 Å². The Bertz CT molecular complexity index is 377. The molecular formula is C16H25NO2. The normalized spacial score (nSPS) is 10.2. The number of ether oxygens (including phenoxy) is 2. The molecule has 19 heavy (non-hydrogen) atoms. The second kappa shape index (κ2) is 9.45. The Morgan fingerprint density at radius 2 is 2.11 bits per heavy atom. The Morgan fingerprint density at radius 1 is 1.26 bits per heavy atom. The van der Waals surface area contributed by atoms with Gasteiger partial charge in [-0.15, -0.1) is 6.58 Å². The van der Waals surface area contributed by atoms with Gasteiger partial charge in [0.25, 0.3) is 0 Å². The van der Waals surface area contributed by atoms with Crippen molar-refractivity contribution in [2.45, 2.75) is 32.7 Å². The van der Waals surface area contributed by atoms with Crippen LogP contribution < -0.4 is 14.8 Å². The first kappa shape index (κ1) is 15.6. The third-order valence-corrected chi connectivity index (χ3v) is 2.69. The van der Waals surface area contributed by atoms with Crippen molar-refractivity contribution in [2.75, 3.05) is 20.3 Å². The van der Waals surface area contributed by atoms with Crippen LogP contribution in [0.3, 0.4) is 0 Å². The molecule has 1 rings (SSSR count). The number of nitrogens with one attached hydrogen (secondary N) is 1. The standard InChI is InChI=1S/C16H25NO2/c1-4-6-7-11-19-16-12-15(18-10-5-2)9-8-14(16)13-17-3/h4,8-9,12,17H,1,5-7,10-11,13H2,2-3H3. The molecule has 0 amide bonds. The summed E-state index contributed by atoms with van der Waals surface area (Å²) in [5.74, 6) is 1.78. The summed E-state index contributed by atoms with van der Waals surface area (Å²) in [7, 11) is 1.93. The fourth-order valence-electron chi connectivity index (χ4n) is 1.73. The highest BCUT2D eigenvalue weighted by molar-refractivity contribution is 5.40. The van der Waals surface area contributed by atoms with E-state index in [-0.39, 0.29) is 0 Å². The molecule has 106 valence electrons. The molecule has 0 saturated carbocycles. The van der Waals surface area contributed by atoms with E-state index in [1.807, 2.05) is 25.3 Å². The Balaban J connectivity index is 2.67. The van der Waals surface area contributed by atoms with Gasteiger partial charge in [0.05, 0.1) is 13.2 Å². The number of hydrogen-bond acceptors (Lipinski definition) is 3. The van der Waals surface area contributed by atoms with E-state index in [1.54, 1.807) is 0 Å². The minimum atomic E-state index is 0.708. The third kappa shape index (κ3) is 5.79. The molecule has 3 nitrogen and oxygen atoms in total. The average Bonchev–Trinajstić information content (AvgIpc) is 2.43. The lowest BCUT2D eigenvalue weighted by Gasteiger charge is -2.13. The van der Waals surface area contributed by atoms with Gasteiger partial charge >= 0.3 is 0 Å². The van der Waals surface area contributed by atoms with Gasteiger partial charge in [-0.25, -0.2) is 0 Å². The quantitative estimate of drug-likeness (QED) is 0.517. The van der Waals surface area contributed by atoms with E-state index in [2.05, 4.69) is 24.9 Å². The molecule has 1 aromatic carbocycles. The minimum Gasteiger partial charge on any atom is -0.493 e. The molecule has 0 aliphatic rings. The zero-order valence-electron chi connectivity index (χ0n) is 12.1. The number of benzene rings is 1. The predicted octanol–water partition coefficient (Wildman–Crippen LogP) is 3.54. The summed E-state index contributed by atoms with van der Waals surface area (Å²) in [5, 5.41) is 3.15. The summed E-state index contributed by atoms with van der Waals surface area (Å²) < 4.78 is 11.5. The number of unbranched alkanes of at least 4 members (excludes halogenated alkanes) is 1. The van der Waals surface area contributed by atoms with E-state index in [0.717, 1.165) is 49.5 Å². The lowest BCUT2D eigenvalue weighted by Crippen LogP contribution is -2.08. The third-order valence-electron chi connectivity index (χ3n) is 2.69. The van der Waals surface area contributed by atoms with Crippen LogP contribution in [-0.2, 0) is 6.54 Å². The first-order valence-electron chi connectivity index (χ1n) is 6.95. The molecule has 1 aromatic rings. The minimum absolute atomic E-state index is 0.708. The molecule has 0 aliphatic carbocycles. The predicted molar refractivity (Wildman–Crippen MR) is 79.9 cm³/mol. The molecule has 0 aliphatic heterocycles. The molecule has 1 N–H and O–H groups in total. The van der Waals surface area contributed by atoms with Crippen molar-refractivity contribution in [3.8, 4) is 11.5 Å². The largest absolute Gasteiger partial charge is 0.493 e. The fourth-order valence-corrected chi connectivity index (χ4v) is 1.73. The second-order valence-electron chi connectivity index (χ2n) is 4.43. The number of hydrogen-bond donors (Lipinski definition) is 1. The summed E-state index contributed by atoms with van der Waals surface area (Å²) >= 11 is 0. The summed E-state index contributed by atoms with van der Waals surface area (Å²) in [5.41, 5.74) is 1.16. The van der Waals surface area contributed by atoms with E-state index in [1.165, 1.54) is 0 Å². The van der Waals surface area contributed by atoms with Gasteiger partial charge in [0.2, 0.25) is 0 Å². The second-order valence-corrected chi connectivity index (χ2v) is 4.43. The molecule has 3 heteroatoms. The van der Waals surface area contributed by atoms with Crippen molar-refractivity contribution >= 4 is 0 Å². The first-order valence-corrected chi connectivity index (χ1v) is 6.95. The van der Waals surface area contributed by atoms with Crippen molar-refractivity contribution in [2.24, 2.45) is 0 Å². The molecule has 0 unspecified atom stereocenters. The van der Waals surface area contributed by atoms with E-state index < -0.39 is 0 Å². The van der Waals surface area contributed by atoms with Gasteiger partial charge in [-0.3, -0.25) is 0 Å². The van der Waals surface area contributed by atoms with Crippen LogP contribution in [0.5, 0.6) is 11.5 Å². The van der Waals surface area contributed by atoms with Crippen LogP contribution in [0, 0.1) is 0 Å². The highest BCUT2D eigenvalue weighted by Gasteiger charge is 2.05. The maximum atomic E-state index is 5.84. The number of allylic oxidation sites excluding steroid dienone is 1. The van der Waals surface area contributed by atoms with Crippen molar-refractivity contribution < 1.29 is 9.47 Å². The maximum absolute atomic E-state index is 5.84. The van der Waals surface area contributed by atoms with Crippen LogP contribution in [0.25, 0.3) is 0 Å². The zero-order valence-corrected chi connectivity index (χ0v) is 12.1. The molecule has 0 radical (unpaired) electrons.